The number of fused-ring (bicyclic) bond motifs is 1. The fourth-order valence-electron chi connectivity index (χ4n) is 3.63. The average Bonchev–Trinajstić information content (AvgIpc) is 2.61. The second-order valence-electron chi connectivity index (χ2n) is 6.42. The molecule has 110 valence electrons. The van der Waals surface area contributed by atoms with Crippen molar-refractivity contribution in [1.29, 1.82) is 0 Å². The molecule has 2 aliphatic rings. The van der Waals surface area contributed by atoms with Gasteiger partial charge in [-0.25, -0.2) is 0 Å². The minimum atomic E-state index is 0.653. The van der Waals surface area contributed by atoms with Crippen molar-refractivity contribution in [3.8, 4) is 0 Å². The lowest BCUT2D eigenvalue weighted by Gasteiger charge is -2.30. The molecular formula is C17H27N3. The zero-order chi connectivity index (χ0) is 13.9. The molecule has 3 nitrogen and oxygen atoms in total. The Morgan fingerprint density at radius 2 is 2.20 bits per heavy atom. The van der Waals surface area contributed by atoms with Gasteiger partial charge in [-0.2, -0.15) is 0 Å². The summed E-state index contributed by atoms with van der Waals surface area (Å²) >= 11 is 0. The molecule has 1 fully saturated rings. The first-order valence-electron chi connectivity index (χ1n) is 7.97. The van der Waals surface area contributed by atoms with Gasteiger partial charge in [-0.15, -0.1) is 0 Å². The summed E-state index contributed by atoms with van der Waals surface area (Å²) in [5.74, 6) is 0. The van der Waals surface area contributed by atoms with Crippen LogP contribution in [0.25, 0.3) is 0 Å². The van der Waals surface area contributed by atoms with Crippen LogP contribution >= 0.6 is 0 Å². The summed E-state index contributed by atoms with van der Waals surface area (Å²) in [4.78, 5) is 5.14. The second kappa shape index (κ2) is 6.25. The van der Waals surface area contributed by atoms with E-state index in [0.29, 0.717) is 6.04 Å². The summed E-state index contributed by atoms with van der Waals surface area (Å²) in [5.41, 5.74) is 4.67. The van der Waals surface area contributed by atoms with Crippen LogP contribution in [0.5, 0.6) is 0 Å². The molecule has 1 saturated heterocycles. The van der Waals surface area contributed by atoms with Crippen molar-refractivity contribution >= 4 is 0 Å². The van der Waals surface area contributed by atoms with Gasteiger partial charge in [0.05, 0.1) is 0 Å². The fourth-order valence-corrected chi connectivity index (χ4v) is 3.63. The van der Waals surface area contributed by atoms with Gasteiger partial charge in [-0.1, -0.05) is 18.2 Å². The van der Waals surface area contributed by atoms with Crippen molar-refractivity contribution in [1.82, 2.24) is 15.1 Å². The van der Waals surface area contributed by atoms with Crippen LogP contribution in [-0.2, 0) is 19.5 Å². The minimum absolute atomic E-state index is 0.653. The van der Waals surface area contributed by atoms with Crippen molar-refractivity contribution in [2.45, 2.75) is 38.9 Å². The SMILES string of the molecule is CC1CN(C)CCCN1Cc1cccc2c1CCNC2. The van der Waals surface area contributed by atoms with Gasteiger partial charge in [0.15, 0.2) is 0 Å². The lowest BCUT2D eigenvalue weighted by Crippen LogP contribution is -2.38. The maximum Gasteiger partial charge on any atom is 0.0239 e. The number of hydrogen-bond acceptors (Lipinski definition) is 3. The third kappa shape index (κ3) is 3.05. The number of nitrogens with one attached hydrogen (secondary N) is 1. The summed E-state index contributed by atoms with van der Waals surface area (Å²) in [5, 5.41) is 3.48. The van der Waals surface area contributed by atoms with Crippen molar-refractivity contribution in [2.75, 3.05) is 33.2 Å². The average molecular weight is 273 g/mol. The van der Waals surface area contributed by atoms with Crippen LogP contribution in [0.2, 0.25) is 0 Å². The maximum absolute atomic E-state index is 3.48. The molecule has 2 aliphatic heterocycles. The van der Waals surface area contributed by atoms with Crippen LogP contribution < -0.4 is 5.32 Å². The van der Waals surface area contributed by atoms with Gasteiger partial charge in [-0.3, -0.25) is 4.90 Å². The second-order valence-corrected chi connectivity index (χ2v) is 6.42. The van der Waals surface area contributed by atoms with E-state index in [1.165, 1.54) is 38.0 Å². The smallest absolute Gasteiger partial charge is 0.0239 e. The molecule has 0 aromatic heterocycles. The Labute approximate surface area is 123 Å². The highest BCUT2D eigenvalue weighted by molar-refractivity contribution is 5.37. The first-order valence-corrected chi connectivity index (χ1v) is 7.97. The van der Waals surface area contributed by atoms with Gasteiger partial charge >= 0.3 is 0 Å². The predicted molar refractivity (Wildman–Crippen MR) is 83.8 cm³/mol. The normalized spacial score (nSPS) is 25.2. The van der Waals surface area contributed by atoms with Gasteiger partial charge in [0.1, 0.15) is 0 Å². The van der Waals surface area contributed by atoms with E-state index in [0.717, 1.165) is 19.6 Å². The van der Waals surface area contributed by atoms with Crippen molar-refractivity contribution < 1.29 is 0 Å². The largest absolute Gasteiger partial charge is 0.312 e. The van der Waals surface area contributed by atoms with Gasteiger partial charge in [0, 0.05) is 32.2 Å². The summed E-state index contributed by atoms with van der Waals surface area (Å²) in [6.45, 7) is 9.32. The fraction of sp³-hybridized carbons (Fsp3) is 0.647. The molecule has 0 radical (unpaired) electrons. The molecule has 0 aliphatic carbocycles. The van der Waals surface area contributed by atoms with Crippen LogP contribution in [0.1, 0.15) is 30.0 Å². The van der Waals surface area contributed by atoms with E-state index in [4.69, 9.17) is 0 Å². The number of likely N-dealkylation sites (N-methyl/N-ethyl adjacent to an activating group) is 1. The number of benzene rings is 1. The Morgan fingerprint density at radius 1 is 1.30 bits per heavy atom. The van der Waals surface area contributed by atoms with Gasteiger partial charge in [0.25, 0.3) is 0 Å². The lowest BCUT2D eigenvalue weighted by molar-refractivity contribution is 0.194. The molecule has 1 atom stereocenters. The highest BCUT2D eigenvalue weighted by Crippen LogP contribution is 2.22. The quantitative estimate of drug-likeness (QED) is 0.887. The van der Waals surface area contributed by atoms with Gasteiger partial charge in [-0.05, 0) is 56.6 Å². The Bertz CT molecular complexity index is 458. The summed E-state index contributed by atoms with van der Waals surface area (Å²) in [6.07, 6.45) is 2.48. The van der Waals surface area contributed by atoms with Crippen LogP contribution in [0.15, 0.2) is 18.2 Å². The summed E-state index contributed by atoms with van der Waals surface area (Å²) in [7, 11) is 2.25. The Hall–Kier alpha value is -0.900. The monoisotopic (exact) mass is 273 g/mol. The van der Waals surface area contributed by atoms with E-state index >= 15 is 0 Å². The Morgan fingerprint density at radius 3 is 3.10 bits per heavy atom. The molecule has 1 unspecified atom stereocenters. The van der Waals surface area contributed by atoms with Crippen LogP contribution in [-0.4, -0.2) is 49.1 Å². The molecule has 3 rings (SSSR count). The molecule has 1 aromatic rings. The minimum Gasteiger partial charge on any atom is -0.312 e. The molecule has 0 bridgehead atoms. The number of nitrogens with zero attached hydrogens (tertiary/aromatic N) is 2. The molecule has 0 saturated carbocycles. The molecule has 20 heavy (non-hydrogen) atoms. The van der Waals surface area contributed by atoms with E-state index in [1.807, 2.05) is 0 Å². The molecule has 3 heteroatoms. The first kappa shape index (κ1) is 14.1. The zero-order valence-corrected chi connectivity index (χ0v) is 12.9. The summed E-state index contributed by atoms with van der Waals surface area (Å²) < 4.78 is 0. The van der Waals surface area contributed by atoms with Crippen molar-refractivity contribution in [2.24, 2.45) is 0 Å². The lowest BCUT2D eigenvalue weighted by atomic mass is 9.95. The van der Waals surface area contributed by atoms with Crippen LogP contribution in [0.4, 0.5) is 0 Å². The zero-order valence-electron chi connectivity index (χ0n) is 12.9. The van der Waals surface area contributed by atoms with E-state index in [-0.39, 0.29) is 0 Å². The molecular weight excluding hydrogens is 246 g/mol. The maximum atomic E-state index is 3.48. The Balaban J connectivity index is 1.77. The van der Waals surface area contributed by atoms with Gasteiger partial charge in [0.2, 0.25) is 0 Å². The molecule has 1 aromatic carbocycles. The van der Waals surface area contributed by atoms with Crippen molar-refractivity contribution in [3.63, 3.8) is 0 Å². The van der Waals surface area contributed by atoms with Crippen molar-refractivity contribution in [3.05, 3.63) is 34.9 Å². The van der Waals surface area contributed by atoms with E-state index in [2.05, 4.69) is 47.3 Å². The third-order valence-electron chi connectivity index (χ3n) is 4.80. The van der Waals surface area contributed by atoms with Crippen LogP contribution in [0, 0.1) is 0 Å². The summed E-state index contributed by atoms with van der Waals surface area (Å²) in [6, 6.07) is 7.51. The number of rotatable bonds is 2. The predicted octanol–water partition coefficient (Wildman–Crippen LogP) is 1.86. The molecule has 0 spiro atoms. The molecule has 0 amide bonds. The van der Waals surface area contributed by atoms with Gasteiger partial charge < -0.3 is 10.2 Å². The van der Waals surface area contributed by atoms with Crippen LogP contribution in [0.3, 0.4) is 0 Å². The molecule has 2 heterocycles. The number of hydrogen-bond donors (Lipinski definition) is 1. The first-order chi connectivity index (χ1) is 9.74. The van der Waals surface area contributed by atoms with E-state index in [1.54, 1.807) is 11.1 Å². The highest BCUT2D eigenvalue weighted by atomic mass is 15.2. The Kier molecular flexibility index (Phi) is 4.39. The highest BCUT2D eigenvalue weighted by Gasteiger charge is 2.21. The topological polar surface area (TPSA) is 18.5 Å². The van der Waals surface area contributed by atoms with E-state index < -0.39 is 0 Å². The third-order valence-corrected chi connectivity index (χ3v) is 4.80. The van der Waals surface area contributed by atoms with E-state index in [9.17, 15) is 0 Å². The standard InChI is InChI=1S/C17H27N3/c1-14-12-19(2)9-4-10-20(14)13-16-6-3-5-15-11-18-8-7-17(15)16/h3,5-6,14,18H,4,7-13H2,1-2H3. The molecule has 1 N–H and O–H groups in total.